The van der Waals surface area contributed by atoms with Gasteiger partial charge < -0.3 is 9.84 Å². The largest absolute Gasteiger partial charge is 0.508 e. The molecule has 0 saturated carbocycles. The Bertz CT molecular complexity index is 505. The van der Waals surface area contributed by atoms with E-state index in [1.54, 1.807) is 12.1 Å². The van der Waals surface area contributed by atoms with Crippen molar-refractivity contribution in [1.82, 2.24) is 0 Å². The fourth-order valence-corrected chi connectivity index (χ4v) is 2.38. The number of rotatable bonds is 8. The van der Waals surface area contributed by atoms with E-state index in [1.807, 2.05) is 12.1 Å². The summed E-state index contributed by atoms with van der Waals surface area (Å²) in [5.74, 6) is 0.313. The second kappa shape index (κ2) is 8.48. The summed E-state index contributed by atoms with van der Waals surface area (Å²) in [5.41, 5.74) is 2.60. The maximum atomic E-state index is 9.25. The number of unbranched alkanes of at least 4 members (excludes halogenated alkanes) is 1. The first-order chi connectivity index (χ1) is 10.2. The lowest BCUT2D eigenvalue weighted by atomic mass is 10.1. The Morgan fingerprint density at radius 2 is 1.62 bits per heavy atom. The fraction of sp³-hybridized carbons (Fsp3) is 0.368. The summed E-state index contributed by atoms with van der Waals surface area (Å²) < 4.78 is 5.85. The van der Waals surface area contributed by atoms with Crippen LogP contribution in [0.2, 0.25) is 0 Å². The van der Waals surface area contributed by atoms with Gasteiger partial charge in [0.15, 0.2) is 0 Å². The van der Waals surface area contributed by atoms with Crippen LogP contribution in [0.1, 0.15) is 30.9 Å². The standard InChI is InChI=1S/C19H24O2/c1-16(15-18-10-12-19(20)13-11-18)21-14-6-5-9-17-7-3-2-4-8-17/h2-4,7-8,10-13,16,20H,5-6,9,14-15H2,1H3. The van der Waals surface area contributed by atoms with Gasteiger partial charge in [-0.3, -0.25) is 0 Å². The molecule has 21 heavy (non-hydrogen) atoms. The van der Waals surface area contributed by atoms with Crippen LogP contribution in [0, 0.1) is 0 Å². The van der Waals surface area contributed by atoms with E-state index in [4.69, 9.17) is 4.74 Å². The molecule has 112 valence electrons. The van der Waals surface area contributed by atoms with Gasteiger partial charge in [-0.15, -0.1) is 0 Å². The van der Waals surface area contributed by atoms with Gasteiger partial charge in [0, 0.05) is 6.61 Å². The minimum Gasteiger partial charge on any atom is -0.508 e. The van der Waals surface area contributed by atoms with Crippen LogP contribution in [0.5, 0.6) is 5.75 Å². The van der Waals surface area contributed by atoms with Crippen molar-refractivity contribution in [3.8, 4) is 5.75 Å². The lowest BCUT2D eigenvalue weighted by molar-refractivity contribution is 0.0638. The first-order valence-corrected chi connectivity index (χ1v) is 7.67. The fourth-order valence-electron chi connectivity index (χ4n) is 2.38. The molecule has 0 fully saturated rings. The third kappa shape index (κ3) is 6.01. The number of phenols is 1. The van der Waals surface area contributed by atoms with Crippen molar-refractivity contribution in [2.75, 3.05) is 6.61 Å². The number of phenolic OH excluding ortho intramolecular Hbond substituents is 1. The van der Waals surface area contributed by atoms with Gasteiger partial charge in [-0.05, 0) is 55.9 Å². The summed E-state index contributed by atoms with van der Waals surface area (Å²) in [4.78, 5) is 0. The predicted octanol–water partition coefficient (Wildman–Crippen LogP) is 4.36. The van der Waals surface area contributed by atoms with E-state index < -0.39 is 0 Å². The highest BCUT2D eigenvalue weighted by atomic mass is 16.5. The lowest BCUT2D eigenvalue weighted by Gasteiger charge is -2.13. The second-order valence-corrected chi connectivity index (χ2v) is 5.49. The van der Waals surface area contributed by atoms with Crippen LogP contribution in [0.25, 0.3) is 0 Å². The van der Waals surface area contributed by atoms with Gasteiger partial charge in [0.1, 0.15) is 5.75 Å². The Balaban J connectivity index is 1.59. The molecule has 0 aliphatic carbocycles. The van der Waals surface area contributed by atoms with Gasteiger partial charge in [-0.25, -0.2) is 0 Å². The smallest absolute Gasteiger partial charge is 0.115 e. The first kappa shape index (κ1) is 15.6. The number of hydrogen-bond acceptors (Lipinski definition) is 2. The van der Waals surface area contributed by atoms with E-state index in [9.17, 15) is 5.11 Å². The van der Waals surface area contributed by atoms with E-state index in [-0.39, 0.29) is 6.10 Å². The molecule has 0 aliphatic heterocycles. The third-order valence-corrected chi connectivity index (χ3v) is 3.56. The normalized spacial score (nSPS) is 12.2. The van der Waals surface area contributed by atoms with Crippen molar-refractivity contribution in [2.45, 2.75) is 38.7 Å². The summed E-state index contributed by atoms with van der Waals surface area (Å²) in [6.45, 7) is 2.91. The molecule has 0 heterocycles. The van der Waals surface area contributed by atoms with Gasteiger partial charge in [0.2, 0.25) is 0 Å². The van der Waals surface area contributed by atoms with Gasteiger partial charge in [0.05, 0.1) is 6.10 Å². The molecule has 0 bridgehead atoms. The molecule has 0 radical (unpaired) electrons. The van der Waals surface area contributed by atoms with Crippen LogP contribution in [0.3, 0.4) is 0 Å². The highest BCUT2D eigenvalue weighted by Crippen LogP contribution is 2.12. The average molecular weight is 284 g/mol. The van der Waals surface area contributed by atoms with Crippen molar-refractivity contribution < 1.29 is 9.84 Å². The van der Waals surface area contributed by atoms with Gasteiger partial charge >= 0.3 is 0 Å². The summed E-state index contributed by atoms with van der Waals surface area (Å²) in [5, 5.41) is 9.25. The molecule has 1 atom stereocenters. The number of benzene rings is 2. The molecule has 0 aromatic heterocycles. The van der Waals surface area contributed by atoms with Crippen molar-refractivity contribution in [3.05, 3.63) is 65.7 Å². The molecule has 0 spiro atoms. The molecule has 2 heteroatoms. The van der Waals surface area contributed by atoms with Crippen molar-refractivity contribution in [1.29, 1.82) is 0 Å². The molecule has 2 aromatic rings. The summed E-state index contributed by atoms with van der Waals surface area (Å²) in [7, 11) is 0. The Hall–Kier alpha value is -1.80. The molecule has 1 N–H and O–H groups in total. The number of hydrogen-bond donors (Lipinski definition) is 1. The summed E-state index contributed by atoms with van der Waals surface area (Å²) >= 11 is 0. The minimum atomic E-state index is 0.214. The zero-order chi connectivity index (χ0) is 14.9. The molecular formula is C19H24O2. The quantitative estimate of drug-likeness (QED) is 0.730. The molecule has 0 amide bonds. The van der Waals surface area contributed by atoms with Gasteiger partial charge in [-0.1, -0.05) is 42.5 Å². The number of aromatic hydroxyl groups is 1. The van der Waals surface area contributed by atoms with Crippen LogP contribution in [0.15, 0.2) is 54.6 Å². The lowest BCUT2D eigenvalue weighted by Crippen LogP contribution is -2.12. The van der Waals surface area contributed by atoms with E-state index in [0.29, 0.717) is 5.75 Å². The van der Waals surface area contributed by atoms with Crippen LogP contribution in [-0.4, -0.2) is 17.8 Å². The van der Waals surface area contributed by atoms with Crippen molar-refractivity contribution in [2.24, 2.45) is 0 Å². The van der Waals surface area contributed by atoms with Crippen LogP contribution in [0.4, 0.5) is 0 Å². The second-order valence-electron chi connectivity index (χ2n) is 5.49. The number of aryl methyl sites for hydroxylation is 1. The SMILES string of the molecule is CC(Cc1ccc(O)cc1)OCCCCc1ccccc1. The molecule has 2 rings (SSSR count). The molecule has 0 saturated heterocycles. The molecule has 0 aliphatic rings. The maximum Gasteiger partial charge on any atom is 0.115 e. The Morgan fingerprint density at radius 1 is 0.905 bits per heavy atom. The third-order valence-electron chi connectivity index (χ3n) is 3.56. The maximum absolute atomic E-state index is 9.25. The Morgan fingerprint density at radius 3 is 2.33 bits per heavy atom. The first-order valence-electron chi connectivity index (χ1n) is 7.67. The van der Waals surface area contributed by atoms with Crippen molar-refractivity contribution in [3.63, 3.8) is 0 Å². The van der Waals surface area contributed by atoms with Crippen LogP contribution >= 0.6 is 0 Å². The van der Waals surface area contributed by atoms with Crippen LogP contribution in [-0.2, 0) is 17.6 Å². The molecule has 2 aromatic carbocycles. The molecule has 1 unspecified atom stereocenters. The van der Waals surface area contributed by atoms with E-state index in [1.165, 1.54) is 11.1 Å². The Labute approximate surface area is 127 Å². The van der Waals surface area contributed by atoms with E-state index in [2.05, 4.69) is 37.3 Å². The van der Waals surface area contributed by atoms with Crippen LogP contribution < -0.4 is 0 Å². The minimum absolute atomic E-state index is 0.214. The average Bonchev–Trinajstić information content (AvgIpc) is 2.50. The highest BCUT2D eigenvalue weighted by Gasteiger charge is 2.04. The predicted molar refractivity (Wildman–Crippen MR) is 86.6 cm³/mol. The highest BCUT2D eigenvalue weighted by molar-refractivity contribution is 5.26. The van der Waals surface area contributed by atoms with Gasteiger partial charge in [-0.2, -0.15) is 0 Å². The topological polar surface area (TPSA) is 29.5 Å². The monoisotopic (exact) mass is 284 g/mol. The van der Waals surface area contributed by atoms with E-state index in [0.717, 1.165) is 32.3 Å². The zero-order valence-corrected chi connectivity index (χ0v) is 12.7. The van der Waals surface area contributed by atoms with Gasteiger partial charge in [0.25, 0.3) is 0 Å². The van der Waals surface area contributed by atoms with Crippen molar-refractivity contribution >= 4 is 0 Å². The summed E-state index contributed by atoms with van der Waals surface area (Å²) in [6, 6.07) is 17.9. The Kier molecular flexibility index (Phi) is 6.29. The molecular weight excluding hydrogens is 260 g/mol. The number of ether oxygens (including phenoxy) is 1. The zero-order valence-electron chi connectivity index (χ0n) is 12.7. The van der Waals surface area contributed by atoms with E-state index >= 15 is 0 Å². The summed E-state index contributed by atoms with van der Waals surface area (Å²) in [6.07, 6.45) is 4.48. The molecule has 2 nitrogen and oxygen atoms in total.